The van der Waals surface area contributed by atoms with E-state index in [0.29, 0.717) is 16.2 Å². The van der Waals surface area contributed by atoms with Crippen LogP contribution >= 0.6 is 0 Å². The third-order valence-corrected chi connectivity index (χ3v) is 0. The van der Waals surface area contributed by atoms with Gasteiger partial charge in [0.05, 0.1) is 0 Å². The summed E-state index contributed by atoms with van der Waals surface area (Å²) in [5, 5.41) is 0. The van der Waals surface area contributed by atoms with Crippen LogP contribution in [0.3, 0.4) is 0 Å². The maximum absolute atomic E-state index is 8.28. The fourth-order valence-electron chi connectivity index (χ4n) is 0. The Morgan fingerprint density at radius 3 is 1.25 bits per heavy atom. The molecular formula is HAlNiOW. The average molecular weight is 287 g/mol. The molecule has 0 aromatic heterocycles. The van der Waals surface area contributed by atoms with Gasteiger partial charge in [0.25, 0.3) is 0 Å². The first-order valence-electron chi connectivity index (χ1n) is 0.289. The predicted octanol–water partition coefficient (Wildman–Crippen LogP) is -0.772. The smallest absolute Gasteiger partial charge is 0 e. The van der Waals surface area contributed by atoms with Gasteiger partial charge in [-0.05, 0) is 0 Å². The molecule has 0 aliphatic carbocycles. The summed E-state index contributed by atoms with van der Waals surface area (Å²) in [6, 6.07) is 0. The zero-order chi connectivity index (χ0) is 2.00. The van der Waals surface area contributed by atoms with Crippen LogP contribution in [0, 0.1) is 0 Å². The van der Waals surface area contributed by atoms with Crippen molar-refractivity contribution in [3.63, 3.8) is 0 Å². The Kier molecular flexibility index (Phi) is 108. The zero-order valence-corrected chi connectivity index (χ0v) is 7.18. The van der Waals surface area contributed by atoms with Crippen LogP contribution in [0.15, 0.2) is 0 Å². The van der Waals surface area contributed by atoms with Gasteiger partial charge in [-0.3, -0.25) is 0 Å². The van der Waals surface area contributed by atoms with Crippen LogP contribution < -0.4 is 0 Å². The van der Waals surface area contributed by atoms with Crippen LogP contribution in [0.2, 0.25) is 0 Å². The van der Waals surface area contributed by atoms with Crippen molar-refractivity contribution in [3.8, 4) is 0 Å². The van der Waals surface area contributed by atoms with Crippen LogP contribution in [0.4, 0.5) is 0 Å². The van der Waals surface area contributed by atoms with E-state index in [1.54, 1.807) is 0 Å². The Bertz CT molecular complexity index is 8.00. The van der Waals surface area contributed by atoms with Gasteiger partial charge in [-0.15, -0.1) is 0 Å². The molecule has 0 N–H and O–H groups in total. The van der Waals surface area contributed by atoms with Gasteiger partial charge in [0.1, 0.15) is 0 Å². The van der Waals surface area contributed by atoms with E-state index in [2.05, 4.69) is 0 Å². The van der Waals surface area contributed by atoms with E-state index in [1.807, 2.05) is 0 Å². The summed E-state index contributed by atoms with van der Waals surface area (Å²) in [6.07, 6.45) is 0. The van der Waals surface area contributed by atoms with Crippen LogP contribution in [-0.2, 0) is 41.4 Å². The minimum Gasteiger partial charge on any atom is 0 e. The van der Waals surface area contributed by atoms with E-state index in [9.17, 15) is 0 Å². The molecule has 0 saturated heterocycles. The van der Waals surface area contributed by atoms with Gasteiger partial charge < -0.3 is 0 Å². The van der Waals surface area contributed by atoms with Crippen molar-refractivity contribution in [3.05, 3.63) is 0 Å². The second kappa shape index (κ2) is 24.3. The summed E-state index contributed by atoms with van der Waals surface area (Å²) in [4.78, 5) is 0. The molecule has 0 spiro atoms. The average Bonchev–Trinajstić information content (AvgIpc) is 1.00. The maximum atomic E-state index is 8.28. The maximum Gasteiger partial charge on any atom is 0 e. The van der Waals surface area contributed by atoms with Gasteiger partial charge >= 0.3 is 20.0 Å². The van der Waals surface area contributed by atoms with E-state index >= 15 is 0 Å². The van der Waals surface area contributed by atoms with Gasteiger partial charge in [0.2, 0.25) is 0 Å². The van der Waals surface area contributed by atoms with Gasteiger partial charge in [-0.2, -0.15) is 0 Å². The van der Waals surface area contributed by atoms with Crippen molar-refractivity contribution in [2.75, 3.05) is 0 Å². The SMILES string of the molecule is [Ni].[O]=[AlH].[W]. The van der Waals surface area contributed by atoms with Crippen molar-refractivity contribution < 1.29 is 41.4 Å². The van der Waals surface area contributed by atoms with Crippen LogP contribution in [0.5, 0.6) is 0 Å². The van der Waals surface area contributed by atoms with Gasteiger partial charge in [-0.1, -0.05) is 0 Å². The summed E-state index contributed by atoms with van der Waals surface area (Å²) >= 11 is 0.611. The fraction of sp³-hybridized carbons (Fsp3) is 0. The van der Waals surface area contributed by atoms with Crippen LogP contribution in [-0.4, -0.2) is 16.2 Å². The summed E-state index contributed by atoms with van der Waals surface area (Å²) in [7, 11) is 0. The first kappa shape index (κ1) is 17.8. The van der Waals surface area contributed by atoms with E-state index in [4.69, 9.17) is 3.80 Å². The molecule has 0 unspecified atom stereocenters. The molecule has 0 aromatic carbocycles. The molecule has 0 aromatic rings. The molecule has 0 aliphatic heterocycles. The Morgan fingerprint density at radius 1 is 1.25 bits per heavy atom. The van der Waals surface area contributed by atoms with Gasteiger partial charge in [0, 0.05) is 37.6 Å². The third-order valence-electron chi connectivity index (χ3n) is 0. The van der Waals surface area contributed by atoms with E-state index < -0.39 is 0 Å². The van der Waals surface area contributed by atoms with Crippen molar-refractivity contribution in [2.45, 2.75) is 0 Å². The molecule has 1 nitrogen and oxygen atoms in total. The molecule has 0 radical (unpaired) electrons. The van der Waals surface area contributed by atoms with E-state index in [0.717, 1.165) is 0 Å². The second-order valence-electron chi connectivity index (χ2n) is 0. The summed E-state index contributed by atoms with van der Waals surface area (Å²) in [6.45, 7) is 0. The third kappa shape index (κ3) is 9.69. The van der Waals surface area contributed by atoms with Crippen molar-refractivity contribution in [1.82, 2.24) is 0 Å². The first-order chi connectivity index (χ1) is 1.00. The molecular weight excluding hydrogens is 286 g/mol. The van der Waals surface area contributed by atoms with Gasteiger partial charge in [-0.25, -0.2) is 0 Å². The molecule has 0 rings (SSSR count). The monoisotopic (exact) mass is 286 g/mol. The van der Waals surface area contributed by atoms with Gasteiger partial charge in [0.15, 0.2) is 0 Å². The van der Waals surface area contributed by atoms with E-state index in [-0.39, 0.29) is 37.6 Å². The molecule has 0 aliphatic rings. The Morgan fingerprint density at radius 2 is 1.25 bits per heavy atom. The van der Waals surface area contributed by atoms with E-state index in [1.165, 1.54) is 0 Å². The Hall–Kier alpha value is 1.51. The normalized spacial score (nSPS) is 0.750. The predicted molar refractivity (Wildman–Crippen MR) is 7.84 cm³/mol. The first-order valence-corrected chi connectivity index (χ1v) is 0.866. The summed E-state index contributed by atoms with van der Waals surface area (Å²) < 4.78 is 8.28. The van der Waals surface area contributed by atoms with Crippen LogP contribution in [0.25, 0.3) is 0 Å². The Balaban J connectivity index is -0.00000000500. The largest absolute Gasteiger partial charge is 0 e. The number of hydrogen-bond donors (Lipinski definition) is 0. The number of rotatable bonds is 0. The molecule has 0 amide bonds. The molecule has 0 bridgehead atoms. The quantitative estimate of drug-likeness (QED) is 0.535. The fourth-order valence-corrected chi connectivity index (χ4v) is 0. The minimum atomic E-state index is 0. The molecule has 0 atom stereocenters. The Labute approximate surface area is 57.3 Å². The molecule has 0 heterocycles. The molecule has 0 fully saturated rings. The van der Waals surface area contributed by atoms with Crippen LogP contribution in [0.1, 0.15) is 0 Å². The molecule has 0 saturated carbocycles. The topological polar surface area (TPSA) is 17.1 Å². The van der Waals surface area contributed by atoms with Crippen molar-refractivity contribution >= 4 is 16.2 Å². The summed E-state index contributed by atoms with van der Waals surface area (Å²) in [5.74, 6) is 0. The number of hydrogen-bond acceptors (Lipinski definition) is 1. The zero-order valence-electron chi connectivity index (χ0n) is 1.84. The minimum absolute atomic E-state index is 0. The standard InChI is InChI=1S/Al.Ni.O.W.H. The second-order valence-corrected chi connectivity index (χ2v) is 0. The molecule has 26 valence electrons. The molecule has 4 heteroatoms. The van der Waals surface area contributed by atoms with Crippen molar-refractivity contribution in [2.24, 2.45) is 0 Å². The summed E-state index contributed by atoms with van der Waals surface area (Å²) in [5.41, 5.74) is 0. The molecule has 4 heavy (non-hydrogen) atoms. The van der Waals surface area contributed by atoms with Crippen molar-refractivity contribution in [1.29, 1.82) is 0 Å².